The molecule has 1 aliphatic heterocycles. The molecule has 0 aromatic carbocycles. The largest absolute Gasteiger partial charge is 0.394 e. The van der Waals surface area contributed by atoms with E-state index in [9.17, 15) is 10.2 Å². The molecule has 0 bridgehead atoms. The van der Waals surface area contributed by atoms with E-state index < -0.39 is 24.5 Å². The van der Waals surface area contributed by atoms with Crippen molar-refractivity contribution in [3.63, 3.8) is 0 Å². The zero-order valence-corrected chi connectivity index (χ0v) is 9.55. The molecule has 0 spiro atoms. The van der Waals surface area contributed by atoms with Gasteiger partial charge in [-0.1, -0.05) is 0 Å². The molecular weight excluding hydrogens is 236 g/mol. The molecule has 0 saturated carbocycles. The SMILES string of the molecule is OCC1OC(n2ccc3ccncc32)C(O)C1O. The molecular formula is C12H14N2O4. The van der Waals surface area contributed by atoms with Crippen molar-refractivity contribution in [2.45, 2.75) is 24.5 Å². The molecule has 4 atom stereocenters. The van der Waals surface area contributed by atoms with Gasteiger partial charge in [0.25, 0.3) is 0 Å². The van der Waals surface area contributed by atoms with Gasteiger partial charge in [-0.15, -0.1) is 0 Å². The van der Waals surface area contributed by atoms with Gasteiger partial charge in [-0.05, 0) is 12.1 Å². The van der Waals surface area contributed by atoms with Gasteiger partial charge < -0.3 is 24.6 Å². The van der Waals surface area contributed by atoms with E-state index in [1.54, 1.807) is 23.2 Å². The van der Waals surface area contributed by atoms with E-state index in [1.165, 1.54) is 0 Å². The van der Waals surface area contributed by atoms with Crippen LogP contribution in [0.5, 0.6) is 0 Å². The second kappa shape index (κ2) is 4.33. The van der Waals surface area contributed by atoms with Crippen LogP contribution in [0.4, 0.5) is 0 Å². The van der Waals surface area contributed by atoms with Crippen LogP contribution in [0.2, 0.25) is 0 Å². The first-order chi connectivity index (χ1) is 8.72. The zero-order chi connectivity index (χ0) is 12.7. The van der Waals surface area contributed by atoms with E-state index in [0.717, 1.165) is 10.9 Å². The summed E-state index contributed by atoms with van der Waals surface area (Å²) in [6.45, 7) is -0.327. The van der Waals surface area contributed by atoms with Crippen molar-refractivity contribution in [2.24, 2.45) is 0 Å². The van der Waals surface area contributed by atoms with Gasteiger partial charge in [0.05, 0.1) is 18.3 Å². The fourth-order valence-electron chi connectivity index (χ4n) is 2.33. The van der Waals surface area contributed by atoms with Crippen LogP contribution in [0, 0.1) is 0 Å². The van der Waals surface area contributed by atoms with Crippen LogP contribution in [-0.2, 0) is 4.74 Å². The second-order valence-electron chi connectivity index (χ2n) is 4.39. The van der Waals surface area contributed by atoms with Crippen molar-refractivity contribution in [1.82, 2.24) is 9.55 Å². The van der Waals surface area contributed by atoms with Crippen LogP contribution in [0.15, 0.2) is 30.7 Å². The summed E-state index contributed by atoms with van der Waals surface area (Å²) >= 11 is 0. The lowest BCUT2D eigenvalue weighted by Crippen LogP contribution is -2.33. The Balaban J connectivity index is 2.00. The first kappa shape index (κ1) is 11.6. The second-order valence-corrected chi connectivity index (χ2v) is 4.39. The van der Waals surface area contributed by atoms with Gasteiger partial charge in [-0.25, -0.2) is 0 Å². The highest BCUT2D eigenvalue weighted by molar-refractivity contribution is 5.79. The fraction of sp³-hybridized carbons (Fsp3) is 0.417. The number of rotatable bonds is 2. The number of hydrogen-bond acceptors (Lipinski definition) is 5. The average molecular weight is 250 g/mol. The van der Waals surface area contributed by atoms with Gasteiger partial charge in [0.1, 0.15) is 18.3 Å². The van der Waals surface area contributed by atoms with E-state index >= 15 is 0 Å². The standard InChI is InChI=1S/C12H14N2O4/c15-6-9-10(16)11(17)12(18-9)14-4-2-7-1-3-13-5-8(7)14/h1-5,9-12,15-17H,6H2. The van der Waals surface area contributed by atoms with Crippen molar-refractivity contribution in [1.29, 1.82) is 0 Å². The van der Waals surface area contributed by atoms with E-state index in [0.29, 0.717) is 0 Å². The summed E-state index contributed by atoms with van der Waals surface area (Å²) in [5.74, 6) is 0. The Morgan fingerprint density at radius 1 is 1.28 bits per heavy atom. The number of hydrogen-bond donors (Lipinski definition) is 3. The Bertz CT molecular complexity index is 556. The van der Waals surface area contributed by atoms with Crippen LogP contribution in [0.1, 0.15) is 6.23 Å². The molecule has 6 nitrogen and oxygen atoms in total. The third kappa shape index (κ3) is 1.62. The van der Waals surface area contributed by atoms with Crippen LogP contribution >= 0.6 is 0 Å². The van der Waals surface area contributed by atoms with Gasteiger partial charge >= 0.3 is 0 Å². The molecule has 96 valence electrons. The lowest BCUT2D eigenvalue weighted by atomic mass is 10.1. The molecule has 3 N–H and O–H groups in total. The van der Waals surface area contributed by atoms with Crippen LogP contribution in [-0.4, -0.2) is 49.8 Å². The highest BCUT2D eigenvalue weighted by Crippen LogP contribution is 2.31. The summed E-state index contributed by atoms with van der Waals surface area (Å²) in [5.41, 5.74) is 0.812. The monoisotopic (exact) mass is 250 g/mol. The van der Waals surface area contributed by atoms with E-state index in [2.05, 4.69) is 4.98 Å². The van der Waals surface area contributed by atoms with Crippen molar-refractivity contribution in [2.75, 3.05) is 6.61 Å². The number of aromatic nitrogens is 2. The number of ether oxygens (including phenoxy) is 1. The minimum Gasteiger partial charge on any atom is -0.394 e. The maximum absolute atomic E-state index is 9.96. The molecule has 2 aromatic rings. The Labute approximate surface area is 103 Å². The molecule has 6 heteroatoms. The summed E-state index contributed by atoms with van der Waals surface area (Å²) in [7, 11) is 0. The van der Waals surface area contributed by atoms with E-state index in [-0.39, 0.29) is 6.61 Å². The quantitative estimate of drug-likeness (QED) is 0.678. The maximum Gasteiger partial charge on any atom is 0.163 e. The molecule has 3 heterocycles. The van der Waals surface area contributed by atoms with Gasteiger partial charge in [0.15, 0.2) is 6.23 Å². The number of pyridine rings is 1. The zero-order valence-electron chi connectivity index (χ0n) is 9.55. The van der Waals surface area contributed by atoms with Crippen molar-refractivity contribution in [3.05, 3.63) is 30.7 Å². The summed E-state index contributed by atoms with van der Waals surface area (Å²) < 4.78 is 7.19. The third-order valence-electron chi connectivity index (χ3n) is 3.32. The lowest BCUT2D eigenvalue weighted by Gasteiger charge is -2.17. The summed E-state index contributed by atoms with van der Waals surface area (Å²) in [4.78, 5) is 4.03. The molecule has 18 heavy (non-hydrogen) atoms. The van der Waals surface area contributed by atoms with Crippen molar-refractivity contribution >= 4 is 10.9 Å². The molecule has 2 aromatic heterocycles. The number of aliphatic hydroxyl groups is 3. The fourth-order valence-corrected chi connectivity index (χ4v) is 2.33. The van der Waals surface area contributed by atoms with Crippen molar-refractivity contribution in [3.8, 4) is 0 Å². The highest BCUT2D eigenvalue weighted by atomic mass is 16.6. The normalized spacial score (nSPS) is 32.2. The number of nitrogens with zero attached hydrogens (tertiary/aromatic N) is 2. The Hall–Kier alpha value is -1.47. The molecule has 1 saturated heterocycles. The van der Waals surface area contributed by atoms with Gasteiger partial charge in [-0.2, -0.15) is 0 Å². The lowest BCUT2D eigenvalue weighted by molar-refractivity contribution is -0.0506. The van der Waals surface area contributed by atoms with E-state index in [4.69, 9.17) is 9.84 Å². The Kier molecular flexibility index (Phi) is 2.79. The first-order valence-electron chi connectivity index (χ1n) is 5.75. The minimum absolute atomic E-state index is 0.327. The van der Waals surface area contributed by atoms with Crippen LogP contribution in [0.25, 0.3) is 10.9 Å². The third-order valence-corrected chi connectivity index (χ3v) is 3.32. The highest BCUT2D eigenvalue weighted by Gasteiger charge is 2.43. The molecule has 4 unspecified atom stereocenters. The predicted octanol–water partition coefficient (Wildman–Crippen LogP) is -0.352. The molecule has 1 aliphatic rings. The topological polar surface area (TPSA) is 87.7 Å². The van der Waals surface area contributed by atoms with Crippen LogP contribution in [0.3, 0.4) is 0 Å². The minimum atomic E-state index is -1.09. The smallest absolute Gasteiger partial charge is 0.163 e. The van der Waals surface area contributed by atoms with Gasteiger partial charge in [0.2, 0.25) is 0 Å². The van der Waals surface area contributed by atoms with Crippen LogP contribution < -0.4 is 0 Å². The molecule has 1 fully saturated rings. The predicted molar refractivity (Wildman–Crippen MR) is 62.7 cm³/mol. The first-order valence-corrected chi connectivity index (χ1v) is 5.75. The molecule has 3 rings (SSSR count). The Morgan fingerprint density at radius 2 is 2.11 bits per heavy atom. The van der Waals surface area contributed by atoms with Crippen molar-refractivity contribution < 1.29 is 20.1 Å². The van der Waals surface area contributed by atoms with Gasteiger partial charge in [0, 0.05) is 17.8 Å². The molecule has 0 aliphatic carbocycles. The van der Waals surface area contributed by atoms with E-state index in [1.807, 2.05) is 12.1 Å². The average Bonchev–Trinajstić information content (AvgIpc) is 2.93. The summed E-state index contributed by atoms with van der Waals surface area (Å²) in [5, 5.41) is 29.7. The van der Waals surface area contributed by atoms with Gasteiger partial charge in [-0.3, -0.25) is 4.98 Å². The molecule has 0 amide bonds. The summed E-state index contributed by atoms with van der Waals surface area (Å²) in [6, 6.07) is 3.73. The summed E-state index contributed by atoms with van der Waals surface area (Å²) in [6.07, 6.45) is 1.49. The Morgan fingerprint density at radius 3 is 2.83 bits per heavy atom. The molecule has 0 radical (unpaired) electrons. The number of fused-ring (bicyclic) bond motifs is 1. The maximum atomic E-state index is 9.96. The number of aliphatic hydroxyl groups excluding tert-OH is 3.